The lowest BCUT2D eigenvalue weighted by Crippen LogP contribution is -2.23. The lowest BCUT2D eigenvalue weighted by molar-refractivity contribution is 0.102. The van der Waals surface area contributed by atoms with E-state index in [1.165, 1.54) is 21.8 Å². The molecule has 0 saturated carbocycles. The van der Waals surface area contributed by atoms with Crippen LogP contribution in [0, 0.1) is 5.92 Å². The SMILES string of the molecule is CC1CCc2c(sc3[nH]c(=O)c(C(=O)Nc4ccc(C(C)C)cc4)c(O)c23)C1. The van der Waals surface area contributed by atoms with Gasteiger partial charge in [-0.25, -0.2) is 0 Å². The van der Waals surface area contributed by atoms with E-state index in [1.807, 2.05) is 24.3 Å². The van der Waals surface area contributed by atoms with Gasteiger partial charge in [0.05, 0.1) is 5.39 Å². The predicted octanol–water partition coefficient (Wildman–Crippen LogP) is 4.80. The number of aromatic amines is 1. The van der Waals surface area contributed by atoms with Crippen LogP contribution in [0.4, 0.5) is 5.69 Å². The van der Waals surface area contributed by atoms with Gasteiger partial charge in [-0.05, 0) is 54.4 Å². The second-order valence-electron chi connectivity index (χ2n) is 7.96. The Hall–Kier alpha value is -2.60. The fourth-order valence-electron chi connectivity index (χ4n) is 3.84. The first kappa shape index (κ1) is 18.7. The molecule has 0 saturated heterocycles. The Kier molecular flexibility index (Phi) is 4.75. The van der Waals surface area contributed by atoms with Gasteiger partial charge in [0, 0.05) is 10.6 Å². The molecule has 1 aliphatic rings. The molecule has 1 amide bonds. The minimum atomic E-state index is -0.595. The van der Waals surface area contributed by atoms with Crippen molar-refractivity contribution in [3.05, 3.63) is 56.2 Å². The summed E-state index contributed by atoms with van der Waals surface area (Å²) < 4.78 is 0. The second kappa shape index (κ2) is 7.09. The zero-order valence-electron chi connectivity index (χ0n) is 16.3. The molecule has 146 valence electrons. The van der Waals surface area contributed by atoms with E-state index in [4.69, 9.17) is 0 Å². The lowest BCUT2D eigenvalue weighted by atomic mass is 9.89. The van der Waals surface area contributed by atoms with Gasteiger partial charge in [0.25, 0.3) is 11.5 Å². The van der Waals surface area contributed by atoms with Crippen molar-refractivity contribution in [3.63, 3.8) is 0 Å². The number of rotatable bonds is 3. The van der Waals surface area contributed by atoms with Crippen LogP contribution in [0.15, 0.2) is 29.1 Å². The highest BCUT2D eigenvalue weighted by Crippen LogP contribution is 2.41. The first-order valence-corrected chi connectivity index (χ1v) is 10.5. The average Bonchev–Trinajstić information content (AvgIpc) is 2.99. The van der Waals surface area contributed by atoms with Crippen molar-refractivity contribution >= 4 is 33.1 Å². The normalized spacial score (nSPS) is 16.4. The van der Waals surface area contributed by atoms with Crippen LogP contribution in [0.25, 0.3) is 10.2 Å². The van der Waals surface area contributed by atoms with Gasteiger partial charge >= 0.3 is 0 Å². The van der Waals surface area contributed by atoms with E-state index in [2.05, 4.69) is 31.1 Å². The fourth-order valence-corrected chi connectivity index (χ4v) is 5.25. The zero-order chi connectivity index (χ0) is 20.0. The summed E-state index contributed by atoms with van der Waals surface area (Å²) in [6.45, 7) is 6.41. The van der Waals surface area contributed by atoms with Gasteiger partial charge in [-0.15, -0.1) is 11.3 Å². The first-order chi connectivity index (χ1) is 13.3. The summed E-state index contributed by atoms with van der Waals surface area (Å²) in [5.41, 5.74) is 2.04. The zero-order valence-corrected chi connectivity index (χ0v) is 17.1. The number of thiophene rings is 1. The molecule has 2 heterocycles. The molecule has 0 bridgehead atoms. The van der Waals surface area contributed by atoms with E-state index in [0.29, 0.717) is 27.7 Å². The number of H-pyrrole nitrogens is 1. The Bertz CT molecular complexity index is 1110. The van der Waals surface area contributed by atoms with Crippen molar-refractivity contribution in [2.45, 2.75) is 46.0 Å². The quantitative estimate of drug-likeness (QED) is 0.595. The van der Waals surface area contributed by atoms with Crippen molar-refractivity contribution in [1.82, 2.24) is 4.98 Å². The van der Waals surface area contributed by atoms with E-state index in [-0.39, 0.29) is 11.3 Å². The molecule has 0 radical (unpaired) electrons. The molecule has 1 aliphatic carbocycles. The number of carbonyl (C=O) groups excluding carboxylic acids is 1. The standard InChI is InChI=1S/C22H24N2O3S/c1-11(2)13-5-7-14(8-6-13)23-20(26)18-19(25)17-15-9-4-12(3)10-16(15)28-22(17)24-21(18)27/h5-8,11-12H,4,9-10H2,1-3H3,(H,23,26)(H2,24,25,27). The summed E-state index contributed by atoms with van der Waals surface area (Å²) in [7, 11) is 0. The van der Waals surface area contributed by atoms with E-state index >= 15 is 0 Å². The molecule has 4 rings (SSSR count). The van der Waals surface area contributed by atoms with Crippen LogP contribution in [0.3, 0.4) is 0 Å². The minimum absolute atomic E-state index is 0.206. The number of pyridine rings is 1. The third-order valence-electron chi connectivity index (χ3n) is 5.50. The minimum Gasteiger partial charge on any atom is -0.506 e. The number of aromatic hydroxyl groups is 1. The van der Waals surface area contributed by atoms with Crippen molar-refractivity contribution < 1.29 is 9.90 Å². The van der Waals surface area contributed by atoms with Gasteiger partial charge in [0.15, 0.2) is 0 Å². The molecule has 0 fully saturated rings. The van der Waals surface area contributed by atoms with E-state index in [9.17, 15) is 14.7 Å². The number of fused-ring (bicyclic) bond motifs is 3. The molecule has 3 N–H and O–H groups in total. The number of aromatic nitrogens is 1. The largest absolute Gasteiger partial charge is 0.506 e. The van der Waals surface area contributed by atoms with Crippen molar-refractivity contribution in [2.24, 2.45) is 5.92 Å². The number of nitrogens with one attached hydrogen (secondary N) is 2. The van der Waals surface area contributed by atoms with Crippen molar-refractivity contribution in [1.29, 1.82) is 0 Å². The molecular weight excluding hydrogens is 372 g/mol. The Labute approximate surface area is 167 Å². The van der Waals surface area contributed by atoms with E-state index in [0.717, 1.165) is 24.8 Å². The summed E-state index contributed by atoms with van der Waals surface area (Å²) in [4.78, 5) is 30.0. The van der Waals surface area contributed by atoms with Crippen LogP contribution in [-0.4, -0.2) is 16.0 Å². The number of anilines is 1. The highest BCUT2D eigenvalue weighted by atomic mass is 32.1. The van der Waals surface area contributed by atoms with E-state index < -0.39 is 11.5 Å². The van der Waals surface area contributed by atoms with Crippen molar-refractivity contribution in [3.8, 4) is 5.75 Å². The summed E-state index contributed by atoms with van der Waals surface area (Å²) >= 11 is 1.51. The molecule has 0 aliphatic heterocycles. The lowest BCUT2D eigenvalue weighted by Gasteiger charge is -2.18. The third kappa shape index (κ3) is 3.22. The molecular formula is C22H24N2O3S. The molecule has 0 spiro atoms. The van der Waals surface area contributed by atoms with E-state index in [1.54, 1.807) is 0 Å². The van der Waals surface area contributed by atoms with Crippen LogP contribution in [-0.2, 0) is 12.8 Å². The Morgan fingerprint density at radius 1 is 1.29 bits per heavy atom. The number of aryl methyl sites for hydroxylation is 1. The van der Waals surface area contributed by atoms with Gasteiger partial charge in [-0.1, -0.05) is 32.9 Å². The number of carbonyl (C=O) groups is 1. The first-order valence-electron chi connectivity index (χ1n) is 9.66. The smallest absolute Gasteiger partial charge is 0.265 e. The van der Waals surface area contributed by atoms with Gasteiger partial charge < -0.3 is 15.4 Å². The summed E-state index contributed by atoms with van der Waals surface area (Å²) in [6, 6.07) is 7.52. The van der Waals surface area contributed by atoms with Crippen LogP contribution in [0.5, 0.6) is 5.75 Å². The maximum absolute atomic E-state index is 12.8. The third-order valence-corrected chi connectivity index (χ3v) is 6.67. The van der Waals surface area contributed by atoms with Crippen LogP contribution in [0.1, 0.15) is 59.5 Å². The Morgan fingerprint density at radius 2 is 2.00 bits per heavy atom. The van der Waals surface area contributed by atoms with Gasteiger partial charge in [0.1, 0.15) is 16.1 Å². The number of amides is 1. The molecule has 1 aromatic carbocycles. The van der Waals surface area contributed by atoms with Crippen molar-refractivity contribution in [2.75, 3.05) is 5.32 Å². The summed E-state index contributed by atoms with van der Waals surface area (Å²) in [6.07, 6.45) is 2.84. The molecule has 5 nitrogen and oxygen atoms in total. The van der Waals surface area contributed by atoms with Crippen LogP contribution >= 0.6 is 11.3 Å². The monoisotopic (exact) mass is 396 g/mol. The predicted molar refractivity (Wildman–Crippen MR) is 114 cm³/mol. The Balaban J connectivity index is 1.71. The Morgan fingerprint density at radius 3 is 2.68 bits per heavy atom. The second-order valence-corrected chi connectivity index (χ2v) is 9.07. The molecule has 2 aromatic heterocycles. The summed E-state index contributed by atoms with van der Waals surface area (Å²) in [5.74, 6) is 0.182. The molecule has 3 aromatic rings. The van der Waals surface area contributed by atoms with Gasteiger partial charge in [0.2, 0.25) is 0 Å². The molecule has 1 atom stereocenters. The highest BCUT2D eigenvalue weighted by molar-refractivity contribution is 7.18. The van der Waals surface area contributed by atoms with Crippen LogP contribution in [0.2, 0.25) is 0 Å². The topological polar surface area (TPSA) is 82.2 Å². The maximum Gasteiger partial charge on any atom is 0.265 e. The number of benzene rings is 1. The fraction of sp³-hybridized carbons (Fsp3) is 0.364. The molecule has 28 heavy (non-hydrogen) atoms. The van der Waals surface area contributed by atoms with Gasteiger partial charge in [-0.2, -0.15) is 0 Å². The highest BCUT2D eigenvalue weighted by Gasteiger charge is 2.27. The molecule has 1 unspecified atom stereocenters. The number of hydrogen-bond donors (Lipinski definition) is 3. The average molecular weight is 397 g/mol. The number of hydrogen-bond acceptors (Lipinski definition) is 4. The molecule has 6 heteroatoms. The van der Waals surface area contributed by atoms with Gasteiger partial charge in [-0.3, -0.25) is 9.59 Å². The van der Waals surface area contributed by atoms with Crippen LogP contribution < -0.4 is 10.9 Å². The summed E-state index contributed by atoms with van der Waals surface area (Å²) in [5, 5.41) is 14.2. The maximum atomic E-state index is 12.8.